The van der Waals surface area contributed by atoms with E-state index in [1.54, 1.807) is 12.1 Å². The largest absolute Gasteiger partial charge is 0.384 e. The molecule has 1 aliphatic carbocycles. The molecule has 1 aromatic rings. The average Bonchev–Trinajstić information content (AvgIpc) is 2.89. The summed E-state index contributed by atoms with van der Waals surface area (Å²) in [5, 5.41) is 3.18. The van der Waals surface area contributed by atoms with Crippen LogP contribution in [0.3, 0.4) is 0 Å². The van der Waals surface area contributed by atoms with Gasteiger partial charge in [0.2, 0.25) is 10.0 Å². The maximum atomic E-state index is 12.5. The van der Waals surface area contributed by atoms with Gasteiger partial charge < -0.3 is 5.32 Å². The lowest BCUT2D eigenvalue weighted by atomic mass is 10.1. The summed E-state index contributed by atoms with van der Waals surface area (Å²) < 4.78 is 27.8. The van der Waals surface area contributed by atoms with Crippen LogP contribution in [0.2, 0.25) is 0 Å². The third-order valence-corrected chi connectivity index (χ3v) is 5.59. The number of sulfonamides is 1. The lowest BCUT2D eigenvalue weighted by Gasteiger charge is -2.15. The molecule has 1 aliphatic rings. The molecule has 5 heteroatoms. The minimum atomic E-state index is -3.44. The van der Waals surface area contributed by atoms with Crippen molar-refractivity contribution in [2.24, 2.45) is 11.8 Å². The van der Waals surface area contributed by atoms with E-state index in [9.17, 15) is 8.42 Å². The zero-order chi connectivity index (χ0) is 15.3. The molecular weight excluding hydrogens is 284 g/mol. The maximum absolute atomic E-state index is 12.5. The van der Waals surface area contributed by atoms with Crippen LogP contribution in [0.15, 0.2) is 29.2 Å². The molecule has 1 saturated carbocycles. The van der Waals surface area contributed by atoms with Gasteiger partial charge >= 0.3 is 0 Å². The number of nitrogens with one attached hydrogen (secondary N) is 2. The van der Waals surface area contributed by atoms with Crippen molar-refractivity contribution >= 4 is 15.7 Å². The van der Waals surface area contributed by atoms with Gasteiger partial charge in [-0.25, -0.2) is 13.1 Å². The predicted octanol–water partition coefficient (Wildman–Crippen LogP) is 3.22. The molecule has 0 bridgehead atoms. The summed E-state index contributed by atoms with van der Waals surface area (Å²) in [6.45, 7) is 5.61. The minimum absolute atomic E-state index is 0.351. The van der Waals surface area contributed by atoms with Gasteiger partial charge in [-0.3, -0.25) is 0 Å². The Hall–Kier alpha value is -1.07. The summed E-state index contributed by atoms with van der Waals surface area (Å²) in [4.78, 5) is 0.351. The van der Waals surface area contributed by atoms with Crippen LogP contribution in [0.1, 0.15) is 39.5 Å². The fraction of sp³-hybridized carbons (Fsp3) is 0.625. The van der Waals surface area contributed by atoms with Crippen molar-refractivity contribution in [3.05, 3.63) is 24.3 Å². The Kier molecular flexibility index (Phi) is 5.65. The molecular formula is C16H26N2O2S. The van der Waals surface area contributed by atoms with Crippen LogP contribution in [-0.4, -0.2) is 21.5 Å². The average molecular weight is 310 g/mol. The van der Waals surface area contributed by atoms with Crippen LogP contribution in [0.25, 0.3) is 0 Å². The highest BCUT2D eigenvalue weighted by Crippen LogP contribution is 2.30. The third kappa shape index (κ3) is 4.45. The highest BCUT2D eigenvalue weighted by atomic mass is 32.2. The van der Waals surface area contributed by atoms with E-state index in [1.807, 2.05) is 12.1 Å². The van der Waals surface area contributed by atoms with Crippen molar-refractivity contribution in [1.82, 2.24) is 4.72 Å². The molecule has 118 valence electrons. The molecule has 0 heterocycles. The summed E-state index contributed by atoms with van der Waals surface area (Å²) in [6, 6.07) is 7.11. The number of benzene rings is 1. The van der Waals surface area contributed by atoms with E-state index < -0.39 is 10.0 Å². The van der Waals surface area contributed by atoms with Gasteiger partial charge in [0.05, 0.1) is 5.69 Å². The smallest absolute Gasteiger partial charge is 0.242 e. The first-order valence-electron chi connectivity index (χ1n) is 7.85. The highest BCUT2D eigenvalue weighted by Gasteiger charge is 2.24. The quantitative estimate of drug-likeness (QED) is 0.813. The molecule has 0 aliphatic heterocycles. The lowest BCUT2D eigenvalue weighted by Crippen LogP contribution is -2.29. The topological polar surface area (TPSA) is 58.2 Å². The number of hydrogen-bond donors (Lipinski definition) is 2. The van der Waals surface area contributed by atoms with Crippen molar-refractivity contribution in [2.45, 2.75) is 44.4 Å². The van der Waals surface area contributed by atoms with Crippen molar-refractivity contribution in [2.75, 3.05) is 18.4 Å². The summed E-state index contributed by atoms with van der Waals surface area (Å²) in [5.41, 5.74) is 0.687. The van der Waals surface area contributed by atoms with Gasteiger partial charge in [0.1, 0.15) is 4.90 Å². The monoisotopic (exact) mass is 310 g/mol. The Morgan fingerprint density at radius 1 is 1.24 bits per heavy atom. The van der Waals surface area contributed by atoms with Crippen LogP contribution >= 0.6 is 0 Å². The molecule has 1 fully saturated rings. The van der Waals surface area contributed by atoms with E-state index in [4.69, 9.17) is 0 Å². The molecule has 2 N–H and O–H groups in total. The molecule has 2 rings (SSSR count). The van der Waals surface area contributed by atoms with E-state index in [0.29, 0.717) is 23.0 Å². The van der Waals surface area contributed by atoms with Gasteiger partial charge in [0.25, 0.3) is 0 Å². The lowest BCUT2D eigenvalue weighted by molar-refractivity contribution is 0.498. The first kappa shape index (κ1) is 16.3. The van der Waals surface area contributed by atoms with Gasteiger partial charge in [0.15, 0.2) is 0 Å². The maximum Gasteiger partial charge on any atom is 0.242 e. The molecule has 0 spiro atoms. The van der Waals surface area contributed by atoms with Gasteiger partial charge in [-0.2, -0.15) is 0 Å². The molecule has 0 amide bonds. The summed E-state index contributed by atoms with van der Waals surface area (Å²) in [5.74, 6) is 1.20. The van der Waals surface area contributed by atoms with E-state index in [1.165, 1.54) is 6.42 Å². The highest BCUT2D eigenvalue weighted by molar-refractivity contribution is 7.89. The second kappa shape index (κ2) is 7.27. The van der Waals surface area contributed by atoms with Gasteiger partial charge in [-0.05, 0) is 43.2 Å². The van der Waals surface area contributed by atoms with Gasteiger partial charge in [-0.15, -0.1) is 0 Å². The van der Waals surface area contributed by atoms with Crippen molar-refractivity contribution < 1.29 is 8.42 Å². The summed E-state index contributed by atoms with van der Waals surface area (Å²) >= 11 is 0. The number of hydrogen-bond acceptors (Lipinski definition) is 3. The number of para-hydroxylation sites is 1. The molecule has 0 radical (unpaired) electrons. The first-order chi connectivity index (χ1) is 10.0. The van der Waals surface area contributed by atoms with Crippen LogP contribution < -0.4 is 10.0 Å². The number of anilines is 1. The van der Waals surface area contributed by atoms with E-state index in [2.05, 4.69) is 23.9 Å². The Labute approximate surface area is 128 Å². The molecule has 2 atom stereocenters. The third-order valence-electron chi connectivity index (χ3n) is 4.11. The van der Waals surface area contributed by atoms with Crippen LogP contribution in [-0.2, 0) is 10.0 Å². The van der Waals surface area contributed by atoms with Crippen molar-refractivity contribution in [3.63, 3.8) is 0 Å². The van der Waals surface area contributed by atoms with Crippen LogP contribution in [0.5, 0.6) is 0 Å². The molecule has 0 aromatic heterocycles. The number of rotatable bonds is 7. The Morgan fingerprint density at radius 3 is 2.67 bits per heavy atom. The second-order valence-electron chi connectivity index (χ2n) is 6.06. The van der Waals surface area contributed by atoms with Crippen molar-refractivity contribution in [1.29, 1.82) is 0 Å². The molecule has 21 heavy (non-hydrogen) atoms. The Balaban J connectivity index is 2.05. The zero-order valence-electron chi connectivity index (χ0n) is 12.9. The van der Waals surface area contributed by atoms with Gasteiger partial charge in [0, 0.05) is 13.1 Å². The van der Waals surface area contributed by atoms with E-state index in [-0.39, 0.29) is 0 Å². The molecule has 2 unspecified atom stereocenters. The van der Waals surface area contributed by atoms with E-state index in [0.717, 1.165) is 31.7 Å². The second-order valence-corrected chi connectivity index (χ2v) is 7.79. The Bertz CT molecular complexity index is 557. The fourth-order valence-corrected chi connectivity index (χ4v) is 4.22. The standard InChI is InChI=1S/C16H26N2O2S/c1-3-10-17-15-6-4-5-7-16(15)21(19,20)18-12-14-9-8-13(2)11-14/h4-7,13-14,17-18H,3,8-12H2,1-2H3. The summed E-state index contributed by atoms with van der Waals surface area (Å²) in [6.07, 6.45) is 4.42. The predicted molar refractivity (Wildman–Crippen MR) is 86.9 cm³/mol. The van der Waals surface area contributed by atoms with Gasteiger partial charge in [-0.1, -0.05) is 32.4 Å². The van der Waals surface area contributed by atoms with Crippen LogP contribution in [0.4, 0.5) is 5.69 Å². The first-order valence-corrected chi connectivity index (χ1v) is 9.33. The van der Waals surface area contributed by atoms with Crippen LogP contribution in [0, 0.1) is 11.8 Å². The minimum Gasteiger partial charge on any atom is -0.384 e. The summed E-state index contributed by atoms with van der Waals surface area (Å²) in [7, 11) is -3.44. The SMILES string of the molecule is CCCNc1ccccc1S(=O)(=O)NCC1CCC(C)C1. The normalized spacial score (nSPS) is 22.4. The Morgan fingerprint density at radius 2 is 2.00 bits per heavy atom. The zero-order valence-corrected chi connectivity index (χ0v) is 13.7. The molecule has 1 aromatic carbocycles. The van der Waals surface area contributed by atoms with Crippen molar-refractivity contribution in [3.8, 4) is 0 Å². The fourth-order valence-electron chi connectivity index (χ4n) is 2.92. The molecule has 4 nitrogen and oxygen atoms in total. The van der Waals surface area contributed by atoms with E-state index >= 15 is 0 Å². The molecule has 0 saturated heterocycles.